The second-order valence-electron chi connectivity index (χ2n) is 4.23. The molecule has 1 aromatic heterocycles. The summed E-state index contributed by atoms with van der Waals surface area (Å²) in [5.74, 6) is 1.37. The molecule has 0 bridgehead atoms. The zero-order chi connectivity index (χ0) is 12.9. The van der Waals surface area contributed by atoms with Crippen LogP contribution in [0, 0.1) is 6.92 Å². The van der Waals surface area contributed by atoms with Crippen LogP contribution in [0.5, 0.6) is 0 Å². The van der Waals surface area contributed by atoms with Gasteiger partial charge in [-0.3, -0.25) is 0 Å². The lowest BCUT2D eigenvalue weighted by Crippen LogP contribution is -2.43. The van der Waals surface area contributed by atoms with Crippen molar-refractivity contribution < 1.29 is 10.2 Å². The molecule has 6 nitrogen and oxygen atoms in total. The Morgan fingerprint density at radius 1 is 1.24 bits per heavy atom. The maximum Gasteiger partial charge on any atom is 0.135 e. The van der Waals surface area contributed by atoms with Gasteiger partial charge in [-0.25, -0.2) is 9.97 Å². The van der Waals surface area contributed by atoms with E-state index < -0.39 is 5.54 Å². The molecule has 0 saturated heterocycles. The molecule has 1 rings (SSSR count). The maximum absolute atomic E-state index is 9.23. The van der Waals surface area contributed by atoms with Crippen molar-refractivity contribution in [3.05, 3.63) is 11.9 Å². The molecule has 0 aromatic carbocycles. The van der Waals surface area contributed by atoms with E-state index in [2.05, 4.69) is 20.6 Å². The summed E-state index contributed by atoms with van der Waals surface area (Å²) in [6.07, 6.45) is 1.45. The van der Waals surface area contributed by atoms with Crippen molar-refractivity contribution in [2.24, 2.45) is 0 Å². The summed E-state index contributed by atoms with van der Waals surface area (Å²) in [5.41, 5.74) is 0.0743. The smallest absolute Gasteiger partial charge is 0.135 e. The van der Waals surface area contributed by atoms with Gasteiger partial charge in [-0.1, -0.05) is 0 Å². The van der Waals surface area contributed by atoms with Gasteiger partial charge in [0.2, 0.25) is 0 Å². The highest BCUT2D eigenvalue weighted by molar-refractivity contribution is 5.57. The maximum atomic E-state index is 9.23. The van der Waals surface area contributed by atoms with Crippen LogP contribution < -0.4 is 10.6 Å². The largest absolute Gasteiger partial charge is 0.394 e. The van der Waals surface area contributed by atoms with Gasteiger partial charge in [-0.05, 0) is 20.8 Å². The predicted molar refractivity (Wildman–Crippen MR) is 67.1 cm³/mol. The topological polar surface area (TPSA) is 90.3 Å². The molecular formula is C11H20N4O2. The zero-order valence-electron chi connectivity index (χ0n) is 10.5. The number of nitrogens with one attached hydrogen (secondary N) is 2. The van der Waals surface area contributed by atoms with Gasteiger partial charge >= 0.3 is 0 Å². The van der Waals surface area contributed by atoms with Crippen molar-refractivity contribution in [2.45, 2.75) is 26.3 Å². The summed E-state index contributed by atoms with van der Waals surface area (Å²) in [7, 11) is 0. The van der Waals surface area contributed by atoms with E-state index in [4.69, 9.17) is 0 Å². The lowest BCUT2D eigenvalue weighted by Gasteiger charge is -2.27. The molecular weight excluding hydrogens is 220 g/mol. The molecule has 0 fully saturated rings. The third-order valence-corrected chi connectivity index (χ3v) is 2.55. The van der Waals surface area contributed by atoms with Crippen LogP contribution in [-0.4, -0.2) is 45.5 Å². The summed E-state index contributed by atoms with van der Waals surface area (Å²) in [4.78, 5) is 8.24. The van der Waals surface area contributed by atoms with E-state index in [1.807, 2.05) is 13.8 Å². The monoisotopic (exact) mass is 240 g/mol. The van der Waals surface area contributed by atoms with Gasteiger partial charge in [0.1, 0.15) is 18.0 Å². The number of nitrogens with zero attached hydrogens (tertiary/aromatic N) is 2. The van der Waals surface area contributed by atoms with Crippen LogP contribution in [-0.2, 0) is 0 Å². The molecule has 1 heterocycles. The van der Waals surface area contributed by atoms with Gasteiger partial charge in [0.05, 0.1) is 18.8 Å². The number of hydrogen-bond acceptors (Lipinski definition) is 6. The van der Waals surface area contributed by atoms with Crippen LogP contribution in [0.2, 0.25) is 0 Å². The summed E-state index contributed by atoms with van der Waals surface area (Å²) < 4.78 is 0. The SMILES string of the molecule is CCNc1ncnc(NC(C)(CO)CO)c1C. The number of anilines is 2. The van der Waals surface area contributed by atoms with Crippen LogP contribution in [0.1, 0.15) is 19.4 Å². The van der Waals surface area contributed by atoms with Crippen molar-refractivity contribution >= 4 is 11.6 Å². The summed E-state index contributed by atoms with van der Waals surface area (Å²) >= 11 is 0. The molecule has 4 N–H and O–H groups in total. The third kappa shape index (κ3) is 3.28. The second-order valence-corrected chi connectivity index (χ2v) is 4.23. The fourth-order valence-corrected chi connectivity index (χ4v) is 1.34. The number of rotatable bonds is 6. The molecule has 0 aliphatic heterocycles. The van der Waals surface area contributed by atoms with E-state index in [1.54, 1.807) is 6.92 Å². The standard InChI is InChI=1S/C11H20N4O2/c1-4-12-9-8(2)10(14-7-13-9)15-11(3,5-16)6-17/h7,16-17H,4-6H2,1-3H3,(H2,12,13,14,15). The van der Waals surface area contributed by atoms with Gasteiger partial charge in [-0.2, -0.15) is 0 Å². The molecule has 96 valence electrons. The van der Waals surface area contributed by atoms with E-state index in [0.29, 0.717) is 5.82 Å². The Morgan fingerprint density at radius 3 is 2.35 bits per heavy atom. The molecule has 6 heteroatoms. The minimum Gasteiger partial charge on any atom is -0.394 e. The Morgan fingerprint density at radius 2 is 1.82 bits per heavy atom. The van der Waals surface area contributed by atoms with Crippen LogP contribution >= 0.6 is 0 Å². The first-order valence-corrected chi connectivity index (χ1v) is 5.61. The molecule has 0 atom stereocenters. The van der Waals surface area contributed by atoms with E-state index in [1.165, 1.54) is 6.33 Å². The highest BCUT2D eigenvalue weighted by Gasteiger charge is 2.23. The van der Waals surface area contributed by atoms with Gasteiger partial charge in [0.25, 0.3) is 0 Å². The van der Waals surface area contributed by atoms with Crippen LogP contribution in [0.4, 0.5) is 11.6 Å². The van der Waals surface area contributed by atoms with E-state index in [0.717, 1.165) is 17.9 Å². The lowest BCUT2D eigenvalue weighted by atomic mass is 10.1. The number of hydrogen-bond donors (Lipinski definition) is 4. The first-order valence-electron chi connectivity index (χ1n) is 5.61. The van der Waals surface area contributed by atoms with Crippen LogP contribution in [0.25, 0.3) is 0 Å². The van der Waals surface area contributed by atoms with E-state index >= 15 is 0 Å². The van der Waals surface area contributed by atoms with Crippen molar-refractivity contribution in [2.75, 3.05) is 30.4 Å². The van der Waals surface area contributed by atoms with Crippen molar-refractivity contribution in [1.82, 2.24) is 9.97 Å². The summed E-state index contributed by atoms with van der Waals surface area (Å²) in [6.45, 7) is 6.01. The quantitative estimate of drug-likeness (QED) is 0.574. The second kappa shape index (κ2) is 5.79. The molecule has 0 saturated carbocycles. The van der Waals surface area contributed by atoms with Crippen molar-refractivity contribution in [1.29, 1.82) is 0 Å². The number of aliphatic hydroxyl groups is 2. The van der Waals surface area contributed by atoms with Gasteiger partial charge in [0.15, 0.2) is 0 Å². The first-order chi connectivity index (χ1) is 8.06. The Labute approximate surface area is 101 Å². The molecule has 0 aliphatic rings. The lowest BCUT2D eigenvalue weighted by molar-refractivity contribution is 0.147. The van der Waals surface area contributed by atoms with Gasteiger partial charge in [-0.15, -0.1) is 0 Å². The molecule has 0 unspecified atom stereocenters. The Kier molecular flexibility index (Phi) is 4.65. The highest BCUT2D eigenvalue weighted by atomic mass is 16.3. The Bertz CT molecular complexity index is 366. The first kappa shape index (κ1) is 13.7. The third-order valence-electron chi connectivity index (χ3n) is 2.55. The fourth-order valence-electron chi connectivity index (χ4n) is 1.34. The van der Waals surface area contributed by atoms with Crippen LogP contribution in [0.3, 0.4) is 0 Å². The van der Waals surface area contributed by atoms with Crippen molar-refractivity contribution in [3.8, 4) is 0 Å². The minimum atomic E-state index is -0.789. The summed E-state index contributed by atoms with van der Waals surface area (Å²) in [6, 6.07) is 0. The zero-order valence-corrected chi connectivity index (χ0v) is 10.5. The molecule has 0 amide bonds. The molecule has 0 radical (unpaired) electrons. The molecule has 0 spiro atoms. The normalized spacial score (nSPS) is 11.4. The van der Waals surface area contributed by atoms with Gasteiger partial charge < -0.3 is 20.8 Å². The molecule has 17 heavy (non-hydrogen) atoms. The average Bonchev–Trinajstić information content (AvgIpc) is 2.34. The Balaban J connectivity index is 2.95. The van der Waals surface area contributed by atoms with Crippen LogP contribution in [0.15, 0.2) is 6.33 Å². The molecule has 0 aliphatic carbocycles. The molecule has 1 aromatic rings. The number of aromatic nitrogens is 2. The minimum absolute atomic E-state index is 0.177. The fraction of sp³-hybridized carbons (Fsp3) is 0.636. The summed E-state index contributed by atoms with van der Waals surface area (Å²) in [5, 5.41) is 24.6. The van der Waals surface area contributed by atoms with Gasteiger partial charge in [0, 0.05) is 12.1 Å². The Hall–Kier alpha value is -1.40. The number of aliphatic hydroxyl groups excluding tert-OH is 2. The van der Waals surface area contributed by atoms with E-state index in [9.17, 15) is 10.2 Å². The highest BCUT2D eigenvalue weighted by Crippen LogP contribution is 2.21. The predicted octanol–water partition coefficient (Wildman–Crippen LogP) is 0.372. The van der Waals surface area contributed by atoms with E-state index in [-0.39, 0.29) is 13.2 Å². The van der Waals surface area contributed by atoms with Crippen molar-refractivity contribution in [3.63, 3.8) is 0 Å². The average molecular weight is 240 g/mol.